The molecular weight excluding hydrogens is 335 g/mol. The number of halogens is 4. The van der Waals surface area contributed by atoms with Crippen LogP contribution in [0.4, 0.5) is 13.2 Å². The van der Waals surface area contributed by atoms with E-state index in [2.05, 4.69) is 21.2 Å². The second-order valence-corrected chi connectivity index (χ2v) is 4.96. The molecule has 0 heterocycles. The van der Waals surface area contributed by atoms with E-state index in [1.54, 1.807) is 0 Å². The molecule has 1 N–H and O–H groups in total. The highest BCUT2D eigenvalue weighted by atomic mass is 79.9. The molecule has 2 aromatic carbocycles. The van der Waals surface area contributed by atoms with Crippen molar-refractivity contribution < 1.29 is 18.0 Å². The van der Waals surface area contributed by atoms with Gasteiger partial charge in [0.25, 0.3) is 5.91 Å². The van der Waals surface area contributed by atoms with Gasteiger partial charge in [0.1, 0.15) is 17.5 Å². The highest BCUT2D eigenvalue weighted by Gasteiger charge is 2.12. The van der Waals surface area contributed by atoms with Crippen molar-refractivity contribution in [3.63, 3.8) is 0 Å². The van der Waals surface area contributed by atoms with Crippen LogP contribution >= 0.6 is 15.9 Å². The summed E-state index contributed by atoms with van der Waals surface area (Å²) < 4.78 is 40.4. The first-order valence-corrected chi connectivity index (χ1v) is 6.44. The largest absolute Gasteiger partial charge is 0.348 e. The Morgan fingerprint density at radius 2 is 1.80 bits per heavy atom. The topological polar surface area (TPSA) is 29.1 Å². The van der Waals surface area contributed by atoms with Gasteiger partial charge in [0, 0.05) is 16.6 Å². The molecule has 0 saturated carbocycles. The number of carbonyl (C=O) groups excluding carboxylic acids is 1. The number of nitrogens with one attached hydrogen (secondary N) is 1. The second-order valence-electron chi connectivity index (χ2n) is 4.04. The number of carbonyl (C=O) groups is 1. The summed E-state index contributed by atoms with van der Waals surface area (Å²) in [5.74, 6) is -2.64. The van der Waals surface area contributed by atoms with Gasteiger partial charge in [0.05, 0.1) is 5.56 Å². The highest BCUT2D eigenvalue weighted by Crippen LogP contribution is 2.15. The summed E-state index contributed by atoms with van der Waals surface area (Å²) in [6.07, 6.45) is 0. The van der Waals surface area contributed by atoms with Crippen LogP contribution < -0.4 is 5.32 Å². The summed E-state index contributed by atoms with van der Waals surface area (Å²) in [5, 5.41) is 2.34. The Kier molecular flexibility index (Phi) is 4.44. The van der Waals surface area contributed by atoms with Gasteiger partial charge in [-0.25, -0.2) is 13.2 Å². The maximum absolute atomic E-state index is 13.5. The molecule has 0 aromatic heterocycles. The van der Waals surface area contributed by atoms with Crippen molar-refractivity contribution in [3.8, 4) is 0 Å². The van der Waals surface area contributed by atoms with Crippen molar-refractivity contribution in [3.05, 3.63) is 69.4 Å². The minimum Gasteiger partial charge on any atom is -0.348 e. The first-order valence-electron chi connectivity index (χ1n) is 5.64. The van der Waals surface area contributed by atoms with E-state index in [-0.39, 0.29) is 17.7 Å². The monoisotopic (exact) mass is 343 g/mol. The molecule has 0 aliphatic rings. The van der Waals surface area contributed by atoms with Gasteiger partial charge in [-0.15, -0.1) is 0 Å². The van der Waals surface area contributed by atoms with Gasteiger partial charge in [-0.3, -0.25) is 4.79 Å². The number of benzene rings is 2. The zero-order chi connectivity index (χ0) is 14.7. The summed E-state index contributed by atoms with van der Waals surface area (Å²) in [7, 11) is 0. The second kappa shape index (κ2) is 6.09. The first-order chi connectivity index (χ1) is 9.47. The molecule has 0 spiro atoms. The Morgan fingerprint density at radius 1 is 1.05 bits per heavy atom. The van der Waals surface area contributed by atoms with Gasteiger partial charge >= 0.3 is 0 Å². The number of hydrogen-bond acceptors (Lipinski definition) is 1. The minimum absolute atomic E-state index is 0.00382. The van der Waals surface area contributed by atoms with Gasteiger partial charge in [-0.05, 0) is 36.4 Å². The van der Waals surface area contributed by atoms with Crippen LogP contribution in [0, 0.1) is 17.5 Å². The Morgan fingerprint density at radius 3 is 2.50 bits per heavy atom. The summed E-state index contributed by atoms with van der Waals surface area (Å²) in [4.78, 5) is 11.8. The third-order valence-electron chi connectivity index (χ3n) is 2.62. The van der Waals surface area contributed by atoms with Crippen LogP contribution in [0.25, 0.3) is 0 Å². The lowest BCUT2D eigenvalue weighted by molar-refractivity contribution is 0.0946. The first kappa shape index (κ1) is 14.6. The molecule has 20 heavy (non-hydrogen) atoms. The van der Waals surface area contributed by atoms with E-state index in [9.17, 15) is 18.0 Å². The molecule has 0 saturated heterocycles. The fourth-order valence-electron chi connectivity index (χ4n) is 1.62. The normalized spacial score (nSPS) is 10.4. The van der Waals surface area contributed by atoms with Crippen molar-refractivity contribution >= 4 is 21.8 Å². The van der Waals surface area contributed by atoms with Gasteiger partial charge < -0.3 is 5.32 Å². The van der Waals surface area contributed by atoms with Crippen LogP contribution in [0.1, 0.15) is 15.9 Å². The smallest absolute Gasteiger partial charge is 0.254 e. The van der Waals surface area contributed by atoms with Crippen LogP contribution in [-0.4, -0.2) is 5.91 Å². The van der Waals surface area contributed by atoms with E-state index in [4.69, 9.17) is 0 Å². The lowest BCUT2D eigenvalue weighted by atomic mass is 10.1. The van der Waals surface area contributed by atoms with Gasteiger partial charge in [0.2, 0.25) is 0 Å². The zero-order valence-corrected chi connectivity index (χ0v) is 11.7. The van der Waals surface area contributed by atoms with Gasteiger partial charge in [-0.2, -0.15) is 0 Å². The maximum atomic E-state index is 13.5. The third kappa shape index (κ3) is 3.39. The molecule has 0 aliphatic heterocycles. The zero-order valence-electron chi connectivity index (χ0n) is 10.1. The van der Waals surface area contributed by atoms with E-state index >= 15 is 0 Å². The number of hydrogen-bond donors (Lipinski definition) is 1. The molecule has 2 aromatic rings. The van der Waals surface area contributed by atoms with Crippen LogP contribution in [0.3, 0.4) is 0 Å². The number of amides is 1. The van der Waals surface area contributed by atoms with E-state index in [1.807, 2.05) is 0 Å². The molecule has 0 bridgehead atoms. The van der Waals surface area contributed by atoms with E-state index < -0.39 is 23.4 Å². The predicted molar refractivity (Wildman–Crippen MR) is 71.6 cm³/mol. The minimum atomic E-state index is -0.698. The maximum Gasteiger partial charge on any atom is 0.254 e. The quantitative estimate of drug-likeness (QED) is 0.902. The summed E-state index contributed by atoms with van der Waals surface area (Å²) in [5.41, 5.74) is -0.166. The summed E-state index contributed by atoms with van der Waals surface area (Å²) in [6.45, 7) is -0.224. The Bertz CT molecular complexity index is 661. The average molecular weight is 344 g/mol. The highest BCUT2D eigenvalue weighted by molar-refractivity contribution is 9.10. The van der Waals surface area contributed by atoms with E-state index in [0.717, 1.165) is 24.3 Å². The Hall–Kier alpha value is -1.82. The van der Waals surface area contributed by atoms with Gasteiger partial charge in [0.15, 0.2) is 0 Å². The molecule has 0 atom stereocenters. The van der Waals surface area contributed by atoms with Crippen molar-refractivity contribution in [1.29, 1.82) is 0 Å². The fourth-order valence-corrected chi connectivity index (χ4v) is 1.96. The molecule has 6 heteroatoms. The van der Waals surface area contributed by atoms with Crippen LogP contribution in [-0.2, 0) is 6.54 Å². The standard InChI is InChI=1S/C14H9BrF3NO/c15-9-1-3-11(13(18)6-9)14(20)19-7-8-5-10(16)2-4-12(8)17/h1-6H,7H2,(H,19,20). The number of rotatable bonds is 3. The molecule has 2 rings (SSSR count). The Balaban J connectivity index is 2.10. The van der Waals surface area contributed by atoms with Crippen LogP contribution in [0.5, 0.6) is 0 Å². The molecule has 1 amide bonds. The van der Waals surface area contributed by atoms with Crippen LogP contribution in [0.2, 0.25) is 0 Å². The van der Waals surface area contributed by atoms with E-state index in [1.165, 1.54) is 12.1 Å². The molecular formula is C14H9BrF3NO. The molecule has 0 unspecified atom stereocenters. The molecule has 104 valence electrons. The van der Waals surface area contributed by atoms with Crippen molar-refractivity contribution in [2.75, 3.05) is 0 Å². The average Bonchev–Trinajstić information content (AvgIpc) is 2.39. The third-order valence-corrected chi connectivity index (χ3v) is 3.12. The molecule has 0 aliphatic carbocycles. The fraction of sp³-hybridized carbons (Fsp3) is 0.0714. The van der Waals surface area contributed by atoms with Crippen molar-refractivity contribution in [1.82, 2.24) is 5.32 Å². The summed E-state index contributed by atoms with van der Waals surface area (Å²) >= 11 is 3.08. The summed E-state index contributed by atoms with van der Waals surface area (Å²) in [6, 6.07) is 6.90. The molecule has 0 fully saturated rings. The Labute approximate surface area is 121 Å². The van der Waals surface area contributed by atoms with Crippen molar-refractivity contribution in [2.24, 2.45) is 0 Å². The van der Waals surface area contributed by atoms with Crippen molar-refractivity contribution in [2.45, 2.75) is 6.54 Å². The van der Waals surface area contributed by atoms with Crippen LogP contribution in [0.15, 0.2) is 40.9 Å². The predicted octanol–water partition coefficient (Wildman–Crippen LogP) is 3.80. The van der Waals surface area contributed by atoms with E-state index in [0.29, 0.717) is 4.47 Å². The SMILES string of the molecule is O=C(NCc1cc(F)ccc1F)c1ccc(Br)cc1F. The lowest BCUT2D eigenvalue weighted by Crippen LogP contribution is -2.24. The lowest BCUT2D eigenvalue weighted by Gasteiger charge is -2.07. The molecule has 2 nitrogen and oxygen atoms in total. The molecule has 0 radical (unpaired) electrons. The van der Waals surface area contributed by atoms with Gasteiger partial charge in [-0.1, -0.05) is 15.9 Å².